The smallest absolute Gasteiger partial charge is 0.162 e. The van der Waals surface area contributed by atoms with Gasteiger partial charge in [-0.25, -0.2) is 4.98 Å². The summed E-state index contributed by atoms with van der Waals surface area (Å²) in [6.45, 7) is 1.87. The molecule has 4 nitrogen and oxygen atoms in total. The molecule has 0 unspecified atom stereocenters. The summed E-state index contributed by atoms with van der Waals surface area (Å²) in [5.74, 6) is 0.948. The van der Waals surface area contributed by atoms with Crippen molar-refractivity contribution in [1.82, 2.24) is 14.5 Å². The van der Waals surface area contributed by atoms with Crippen LogP contribution in [0.5, 0.6) is 0 Å². The average Bonchev–Trinajstić information content (AvgIpc) is 3.04. The van der Waals surface area contributed by atoms with E-state index in [1.807, 2.05) is 54.1 Å². The van der Waals surface area contributed by atoms with Crippen molar-refractivity contribution in [3.8, 4) is 17.1 Å². The molecule has 1 aromatic carbocycles. The molecule has 0 aliphatic carbocycles. The highest BCUT2D eigenvalue weighted by atomic mass is 16.1. The molecule has 0 spiro atoms. The lowest BCUT2D eigenvalue weighted by Gasteiger charge is -2.09. The predicted molar refractivity (Wildman–Crippen MR) is 81.4 cm³/mol. The average molecular weight is 277 g/mol. The van der Waals surface area contributed by atoms with E-state index < -0.39 is 0 Å². The van der Waals surface area contributed by atoms with Crippen LogP contribution in [0.3, 0.4) is 0 Å². The third-order valence-electron chi connectivity index (χ3n) is 3.33. The Kier molecular flexibility index (Phi) is 3.60. The van der Waals surface area contributed by atoms with Crippen LogP contribution in [0.1, 0.15) is 23.7 Å². The minimum atomic E-state index is 0.139. The van der Waals surface area contributed by atoms with E-state index in [0.29, 0.717) is 6.42 Å². The molecule has 0 saturated carbocycles. The van der Waals surface area contributed by atoms with Gasteiger partial charge < -0.3 is 0 Å². The van der Waals surface area contributed by atoms with Crippen LogP contribution in [0, 0.1) is 0 Å². The molecule has 3 aromatic rings. The Morgan fingerprint density at radius 1 is 1.19 bits per heavy atom. The van der Waals surface area contributed by atoms with Gasteiger partial charge in [0.15, 0.2) is 5.78 Å². The maximum absolute atomic E-state index is 11.9. The SMILES string of the molecule is CCC(=O)c1cccc(-n2ccnc2-c2cccnc2)c1. The van der Waals surface area contributed by atoms with Crippen molar-refractivity contribution in [2.24, 2.45) is 0 Å². The van der Waals surface area contributed by atoms with Crippen LogP contribution in [0.15, 0.2) is 61.2 Å². The maximum atomic E-state index is 11.9. The largest absolute Gasteiger partial charge is 0.300 e. The number of imidazole rings is 1. The number of hydrogen-bond acceptors (Lipinski definition) is 3. The lowest BCUT2D eigenvalue weighted by Crippen LogP contribution is -2.01. The Labute approximate surface area is 123 Å². The van der Waals surface area contributed by atoms with Crippen LogP contribution >= 0.6 is 0 Å². The predicted octanol–water partition coefficient (Wildman–Crippen LogP) is 3.53. The maximum Gasteiger partial charge on any atom is 0.162 e. The molecular formula is C17H15N3O. The van der Waals surface area contributed by atoms with E-state index in [4.69, 9.17) is 0 Å². The monoisotopic (exact) mass is 277 g/mol. The standard InChI is InChI=1S/C17H15N3O/c1-2-16(21)13-5-3-7-15(11-13)20-10-9-19-17(20)14-6-4-8-18-12-14/h3-12H,2H2,1H3. The van der Waals surface area contributed by atoms with Gasteiger partial charge in [0.2, 0.25) is 0 Å². The minimum Gasteiger partial charge on any atom is -0.300 e. The highest BCUT2D eigenvalue weighted by molar-refractivity contribution is 5.96. The Morgan fingerprint density at radius 2 is 2.10 bits per heavy atom. The summed E-state index contributed by atoms with van der Waals surface area (Å²) in [5, 5.41) is 0. The van der Waals surface area contributed by atoms with Gasteiger partial charge in [0.05, 0.1) is 0 Å². The zero-order valence-corrected chi connectivity index (χ0v) is 11.7. The van der Waals surface area contributed by atoms with E-state index in [1.165, 1.54) is 0 Å². The number of hydrogen-bond donors (Lipinski definition) is 0. The topological polar surface area (TPSA) is 47.8 Å². The molecule has 0 bridgehead atoms. The van der Waals surface area contributed by atoms with Crippen LogP contribution in [0.2, 0.25) is 0 Å². The van der Waals surface area contributed by atoms with Crippen LogP contribution in [0.4, 0.5) is 0 Å². The number of pyridine rings is 1. The van der Waals surface area contributed by atoms with Gasteiger partial charge in [-0.1, -0.05) is 19.1 Å². The van der Waals surface area contributed by atoms with Crippen molar-refractivity contribution in [3.05, 3.63) is 66.7 Å². The van der Waals surface area contributed by atoms with E-state index >= 15 is 0 Å². The van der Waals surface area contributed by atoms with Gasteiger partial charge in [0.25, 0.3) is 0 Å². The van der Waals surface area contributed by atoms with Gasteiger partial charge >= 0.3 is 0 Å². The first-order chi connectivity index (χ1) is 10.3. The first kappa shape index (κ1) is 13.2. The molecule has 104 valence electrons. The Bertz CT molecular complexity index is 762. The van der Waals surface area contributed by atoms with E-state index in [9.17, 15) is 4.79 Å². The fourth-order valence-electron chi connectivity index (χ4n) is 2.25. The van der Waals surface area contributed by atoms with Gasteiger partial charge in [0.1, 0.15) is 5.82 Å². The van der Waals surface area contributed by atoms with Gasteiger partial charge in [-0.3, -0.25) is 14.3 Å². The van der Waals surface area contributed by atoms with E-state index in [2.05, 4.69) is 9.97 Å². The summed E-state index contributed by atoms with van der Waals surface area (Å²) in [5.41, 5.74) is 2.58. The number of rotatable bonds is 4. The molecule has 0 saturated heterocycles. The lowest BCUT2D eigenvalue weighted by molar-refractivity contribution is 0.0988. The highest BCUT2D eigenvalue weighted by Crippen LogP contribution is 2.21. The fraction of sp³-hybridized carbons (Fsp3) is 0.118. The summed E-state index contributed by atoms with van der Waals surface area (Å²) < 4.78 is 1.96. The van der Waals surface area contributed by atoms with Crippen molar-refractivity contribution >= 4 is 5.78 Å². The summed E-state index contributed by atoms with van der Waals surface area (Å²) in [6.07, 6.45) is 7.65. The number of benzene rings is 1. The number of ketones is 1. The normalized spacial score (nSPS) is 10.5. The van der Waals surface area contributed by atoms with Gasteiger partial charge in [-0.05, 0) is 24.3 Å². The Morgan fingerprint density at radius 3 is 2.86 bits per heavy atom. The van der Waals surface area contributed by atoms with Crippen LogP contribution in [-0.4, -0.2) is 20.3 Å². The third kappa shape index (κ3) is 2.60. The molecule has 0 atom stereocenters. The first-order valence-corrected chi connectivity index (χ1v) is 6.87. The van der Waals surface area contributed by atoms with Crippen molar-refractivity contribution in [2.45, 2.75) is 13.3 Å². The Hall–Kier alpha value is -2.75. The molecule has 0 N–H and O–H groups in total. The molecule has 0 amide bonds. The van der Waals surface area contributed by atoms with Gasteiger partial charge in [0, 0.05) is 48.0 Å². The molecule has 0 fully saturated rings. The summed E-state index contributed by atoms with van der Waals surface area (Å²) >= 11 is 0. The Balaban J connectivity index is 2.07. The van der Waals surface area contributed by atoms with Crippen LogP contribution < -0.4 is 0 Å². The van der Waals surface area contributed by atoms with Gasteiger partial charge in [-0.2, -0.15) is 0 Å². The third-order valence-corrected chi connectivity index (χ3v) is 3.33. The second-order valence-corrected chi connectivity index (χ2v) is 4.69. The zero-order chi connectivity index (χ0) is 14.7. The molecule has 0 aliphatic heterocycles. The quantitative estimate of drug-likeness (QED) is 0.685. The molecule has 21 heavy (non-hydrogen) atoms. The van der Waals surface area contributed by atoms with Crippen LogP contribution in [0.25, 0.3) is 17.1 Å². The molecule has 4 heteroatoms. The fourth-order valence-corrected chi connectivity index (χ4v) is 2.25. The summed E-state index contributed by atoms with van der Waals surface area (Å²) in [7, 11) is 0. The van der Waals surface area contributed by atoms with Crippen molar-refractivity contribution in [1.29, 1.82) is 0 Å². The second-order valence-electron chi connectivity index (χ2n) is 4.69. The van der Waals surface area contributed by atoms with Crippen molar-refractivity contribution in [2.75, 3.05) is 0 Å². The van der Waals surface area contributed by atoms with Crippen molar-refractivity contribution in [3.63, 3.8) is 0 Å². The molecule has 0 radical (unpaired) electrons. The number of aromatic nitrogens is 3. The van der Waals surface area contributed by atoms with Crippen molar-refractivity contribution < 1.29 is 4.79 Å². The number of carbonyl (C=O) groups is 1. The van der Waals surface area contributed by atoms with Crippen LogP contribution in [-0.2, 0) is 0 Å². The van der Waals surface area contributed by atoms with E-state index in [0.717, 1.165) is 22.6 Å². The molecule has 0 aliphatic rings. The number of Topliss-reactive ketones (excluding diaryl/α,β-unsaturated/α-hetero) is 1. The lowest BCUT2D eigenvalue weighted by atomic mass is 10.1. The number of nitrogens with zero attached hydrogens (tertiary/aromatic N) is 3. The molecular weight excluding hydrogens is 262 g/mol. The van der Waals surface area contributed by atoms with E-state index in [-0.39, 0.29) is 5.78 Å². The number of carbonyl (C=O) groups excluding carboxylic acids is 1. The highest BCUT2D eigenvalue weighted by Gasteiger charge is 2.09. The van der Waals surface area contributed by atoms with E-state index in [1.54, 1.807) is 18.6 Å². The molecule has 2 heterocycles. The second kappa shape index (κ2) is 5.71. The first-order valence-electron chi connectivity index (χ1n) is 6.87. The molecule has 3 rings (SSSR count). The summed E-state index contributed by atoms with van der Waals surface area (Å²) in [4.78, 5) is 20.4. The zero-order valence-electron chi connectivity index (χ0n) is 11.7. The molecule has 2 aromatic heterocycles. The summed E-state index contributed by atoms with van der Waals surface area (Å²) in [6, 6.07) is 11.4. The minimum absolute atomic E-state index is 0.139. The van der Waals surface area contributed by atoms with Gasteiger partial charge in [-0.15, -0.1) is 0 Å².